The highest BCUT2D eigenvalue weighted by molar-refractivity contribution is 6.02. The molecular weight excluding hydrogens is 296 g/mol. The van der Waals surface area contributed by atoms with E-state index in [-0.39, 0.29) is 12.1 Å². The van der Waals surface area contributed by atoms with Crippen molar-refractivity contribution in [1.29, 1.82) is 0 Å². The number of rotatable bonds is 6. The Morgan fingerprint density at radius 2 is 1.78 bits per heavy atom. The molecule has 5 N–H and O–H groups in total. The predicted molar refractivity (Wildman–Crippen MR) is 89.4 cm³/mol. The molecule has 0 aliphatic carbocycles. The Balaban J connectivity index is 2.30. The summed E-state index contributed by atoms with van der Waals surface area (Å²) in [6, 6.07) is 11.3. The van der Waals surface area contributed by atoms with E-state index in [2.05, 4.69) is 5.32 Å². The van der Waals surface area contributed by atoms with Gasteiger partial charge in [0, 0.05) is 28.9 Å². The summed E-state index contributed by atoms with van der Waals surface area (Å²) in [5.74, 6) is -2.39. The third-order valence-electron chi connectivity index (χ3n) is 3.58. The minimum absolute atomic E-state index is 0.113. The molecule has 0 atom stereocenters. The number of benzene rings is 2. The SMILES string of the molecule is CC(CNc1cccc2cccc(N)c12)=C(CC(=O)O)C(=O)O. The van der Waals surface area contributed by atoms with E-state index in [0.29, 0.717) is 11.3 Å². The summed E-state index contributed by atoms with van der Waals surface area (Å²) in [5, 5.41) is 22.9. The topological polar surface area (TPSA) is 113 Å². The molecule has 0 radical (unpaired) electrons. The molecule has 0 unspecified atom stereocenters. The summed E-state index contributed by atoms with van der Waals surface area (Å²) in [6.07, 6.45) is -0.513. The van der Waals surface area contributed by atoms with Crippen LogP contribution in [0.25, 0.3) is 10.8 Å². The van der Waals surface area contributed by atoms with Crippen LogP contribution in [-0.4, -0.2) is 28.7 Å². The van der Waals surface area contributed by atoms with Gasteiger partial charge in [-0.2, -0.15) is 0 Å². The van der Waals surface area contributed by atoms with Crippen molar-refractivity contribution in [1.82, 2.24) is 0 Å². The van der Waals surface area contributed by atoms with Gasteiger partial charge in [0.25, 0.3) is 0 Å². The highest BCUT2D eigenvalue weighted by atomic mass is 16.4. The van der Waals surface area contributed by atoms with Crippen LogP contribution in [-0.2, 0) is 9.59 Å². The van der Waals surface area contributed by atoms with E-state index in [1.807, 2.05) is 30.3 Å². The zero-order chi connectivity index (χ0) is 17.0. The summed E-state index contributed by atoms with van der Waals surface area (Å²) >= 11 is 0. The smallest absolute Gasteiger partial charge is 0.332 e. The fourth-order valence-corrected chi connectivity index (χ4v) is 2.41. The molecule has 0 aliphatic heterocycles. The first-order valence-corrected chi connectivity index (χ1v) is 7.05. The van der Waals surface area contributed by atoms with Crippen molar-refractivity contribution in [2.75, 3.05) is 17.6 Å². The van der Waals surface area contributed by atoms with Gasteiger partial charge in [-0.1, -0.05) is 24.3 Å². The Morgan fingerprint density at radius 1 is 1.13 bits per heavy atom. The maximum absolute atomic E-state index is 11.2. The third-order valence-corrected chi connectivity index (χ3v) is 3.58. The number of aliphatic carboxylic acids is 2. The van der Waals surface area contributed by atoms with Crippen LogP contribution >= 0.6 is 0 Å². The van der Waals surface area contributed by atoms with Crippen molar-refractivity contribution >= 4 is 34.1 Å². The standard InChI is InChI=1S/C17H18N2O4/c1-10(12(17(22)23)8-15(20)21)9-19-14-7-3-5-11-4-2-6-13(18)16(11)14/h2-7,19H,8-9,18H2,1H3,(H,20,21)(H,22,23). The molecule has 2 aromatic rings. The lowest BCUT2D eigenvalue weighted by Crippen LogP contribution is -2.13. The molecule has 6 heteroatoms. The summed E-state index contributed by atoms with van der Waals surface area (Å²) in [5.41, 5.74) is 7.76. The van der Waals surface area contributed by atoms with E-state index >= 15 is 0 Å². The summed E-state index contributed by atoms with van der Waals surface area (Å²) in [4.78, 5) is 22.0. The van der Waals surface area contributed by atoms with Crippen LogP contribution in [0.1, 0.15) is 13.3 Å². The first kappa shape index (κ1) is 16.4. The summed E-state index contributed by atoms with van der Waals surface area (Å²) in [6.45, 7) is 1.83. The fraction of sp³-hybridized carbons (Fsp3) is 0.176. The fourth-order valence-electron chi connectivity index (χ4n) is 2.41. The van der Waals surface area contributed by atoms with Crippen LogP contribution in [0.15, 0.2) is 47.5 Å². The normalized spacial score (nSPS) is 11.9. The van der Waals surface area contributed by atoms with E-state index in [4.69, 9.17) is 15.9 Å². The molecule has 0 heterocycles. The average Bonchev–Trinajstić information content (AvgIpc) is 2.50. The van der Waals surface area contributed by atoms with Crippen LogP contribution in [0.3, 0.4) is 0 Å². The Morgan fingerprint density at radius 3 is 2.39 bits per heavy atom. The largest absolute Gasteiger partial charge is 0.481 e. The molecule has 2 aromatic carbocycles. The quantitative estimate of drug-likeness (QED) is 0.482. The van der Waals surface area contributed by atoms with Gasteiger partial charge in [0.2, 0.25) is 0 Å². The van der Waals surface area contributed by atoms with E-state index in [0.717, 1.165) is 16.5 Å². The molecular formula is C17H18N2O4. The number of fused-ring (bicyclic) bond motifs is 1. The molecule has 0 bridgehead atoms. The van der Waals surface area contributed by atoms with Crippen molar-refractivity contribution in [3.63, 3.8) is 0 Å². The number of anilines is 2. The lowest BCUT2D eigenvalue weighted by molar-refractivity contribution is -0.139. The number of nitrogens with one attached hydrogen (secondary N) is 1. The number of carboxylic acid groups (broad SMARTS) is 2. The number of nitrogen functional groups attached to an aromatic ring is 1. The Kier molecular flexibility index (Phi) is 4.85. The van der Waals surface area contributed by atoms with Crippen molar-refractivity contribution in [3.8, 4) is 0 Å². The van der Waals surface area contributed by atoms with Gasteiger partial charge in [0.05, 0.1) is 6.42 Å². The highest BCUT2D eigenvalue weighted by Crippen LogP contribution is 2.29. The number of carboxylic acids is 2. The van der Waals surface area contributed by atoms with Gasteiger partial charge in [-0.25, -0.2) is 4.79 Å². The molecule has 0 saturated carbocycles. The molecule has 0 spiro atoms. The predicted octanol–water partition coefficient (Wildman–Crippen LogP) is 2.71. The number of hydrogen-bond donors (Lipinski definition) is 4. The number of nitrogens with two attached hydrogens (primary N) is 1. The number of carbonyl (C=O) groups is 2. The van der Waals surface area contributed by atoms with Crippen LogP contribution in [0.2, 0.25) is 0 Å². The Hall–Kier alpha value is -3.02. The van der Waals surface area contributed by atoms with Gasteiger partial charge >= 0.3 is 11.9 Å². The summed E-state index contributed by atoms with van der Waals surface area (Å²) < 4.78 is 0. The highest BCUT2D eigenvalue weighted by Gasteiger charge is 2.15. The van der Waals surface area contributed by atoms with Gasteiger partial charge in [0.15, 0.2) is 0 Å². The van der Waals surface area contributed by atoms with Gasteiger partial charge in [-0.05, 0) is 30.0 Å². The van der Waals surface area contributed by atoms with Gasteiger partial charge < -0.3 is 21.3 Å². The van der Waals surface area contributed by atoms with Crippen molar-refractivity contribution in [3.05, 3.63) is 47.5 Å². The van der Waals surface area contributed by atoms with E-state index in [1.54, 1.807) is 13.0 Å². The molecule has 0 amide bonds. The Labute approximate surface area is 133 Å². The zero-order valence-electron chi connectivity index (χ0n) is 12.7. The lowest BCUT2D eigenvalue weighted by Gasteiger charge is -2.13. The van der Waals surface area contributed by atoms with E-state index in [1.165, 1.54) is 0 Å². The monoisotopic (exact) mass is 314 g/mol. The maximum atomic E-state index is 11.2. The van der Waals surface area contributed by atoms with E-state index < -0.39 is 18.4 Å². The first-order valence-electron chi connectivity index (χ1n) is 7.05. The Bertz CT molecular complexity index is 791. The lowest BCUT2D eigenvalue weighted by atomic mass is 10.0. The second-order valence-electron chi connectivity index (χ2n) is 5.24. The van der Waals surface area contributed by atoms with Crippen molar-refractivity contribution in [2.24, 2.45) is 0 Å². The van der Waals surface area contributed by atoms with Gasteiger partial charge in [-0.3, -0.25) is 4.79 Å². The molecule has 0 aliphatic rings. The molecule has 0 saturated heterocycles. The first-order chi connectivity index (χ1) is 10.9. The van der Waals surface area contributed by atoms with Crippen LogP contribution in [0, 0.1) is 0 Å². The van der Waals surface area contributed by atoms with Crippen LogP contribution in [0.4, 0.5) is 11.4 Å². The van der Waals surface area contributed by atoms with E-state index in [9.17, 15) is 9.59 Å². The van der Waals surface area contributed by atoms with Crippen molar-refractivity contribution in [2.45, 2.75) is 13.3 Å². The second-order valence-corrected chi connectivity index (χ2v) is 5.24. The molecule has 6 nitrogen and oxygen atoms in total. The van der Waals surface area contributed by atoms with Gasteiger partial charge in [-0.15, -0.1) is 0 Å². The van der Waals surface area contributed by atoms with Crippen LogP contribution < -0.4 is 11.1 Å². The summed E-state index contributed by atoms with van der Waals surface area (Å²) in [7, 11) is 0. The molecule has 0 fully saturated rings. The van der Waals surface area contributed by atoms with Crippen LogP contribution in [0.5, 0.6) is 0 Å². The maximum Gasteiger partial charge on any atom is 0.332 e. The average molecular weight is 314 g/mol. The molecule has 23 heavy (non-hydrogen) atoms. The molecule has 2 rings (SSSR count). The second kappa shape index (κ2) is 6.83. The third kappa shape index (κ3) is 3.79. The molecule has 0 aromatic heterocycles. The molecule has 120 valence electrons. The minimum atomic E-state index is -1.22. The number of hydrogen-bond acceptors (Lipinski definition) is 4. The zero-order valence-corrected chi connectivity index (χ0v) is 12.7. The van der Waals surface area contributed by atoms with Crippen molar-refractivity contribution < 1.29 is 19.8 Å². The minimum Gasteiger partial charge on any atom is -0.481 e. The van der Waals surface area contributed by atoms with Gasteiger partial charge in [0.1, 0.15) is 0 Å².